The number of amides is 2. The zero-order chi connectivity index (χ0) is 22.0. The molecule has 4 rings (SSSR count). The van der Waals surface area contributed by atoms with Crippen LogP contribution < -0.4 is 20.7 Å². The van der Waals surface area contributed by atoms with Crippen molar-refractivity contribution in [3.05, 3.63) is 76.4 Å². The highest BCUT2D eigenvalue weighted by Crippen LogP contribution is 2.33. The molecule has 2 amide bonds. The normalized spacial score (nSPS) is 12.4. The second kappa shape index (κ2) is 8.65. The van der Waals surface area contributed by atoms with Gasteiger partial charge in [0.25, 0.3) is 0 Å². The van der Waals surface area contributed by atoms with Crippen molar-refractivity contribution in [2.24, 2.45) is 5.73 Å². The number of carbonyl (C=O) groups is 2. The molecule has 2 aromatic carbocycles. The van der Waals surface area contributed by atoms with Gasteiger partial charge in [-0.2, -0.15) is 0 Å². The lowest BCUT2D eigenvalue weighted by Gasteiger charge is -2.19. The van der Waals surface area contributed by atoms with Gasteiger partial charge >= 0.3 is 0 Å². The maximum Gasteiger partial charge on any atom is 0.250 e. The molecule has 0 saturated heterocycles. The quantitative estimate of drug-likeness (QED) is 0.613. The first-order valence-corrected chi connectivity index (χ1v) is 10.1. The number of methoxy groups -OCH3 is 1. The first-order chi connectivity index (χ1) is 14.9. The van der Waals surface area contributed by atoms with Crippen LogP contribution in [0.3, 0.4) is 0 Å². The van der Waals surface area contributed by atoms with E-state index in [1.165, 1.54) is 12.3 Å². The van der Waals surface area contributed by atoms with Crippen molar-refractivity contribution in [2.75, 3.05) is 23.9 Å². The standard InChI is InChI=1S/C23H21ClN4O3/c1-31-18-4-2-3-14(9-18)10-21(29)28-8-7-15-5-6-17(12-20(15)28)27-23-19(24)11-16(13-26-23)22(25)30/h2-6,9,11-13H,7-8,10H2,1H3,(H2,25,30)(H,26,27). The number of ether oxygens (including phenoxy) is 1. The predicted octanol–water partition coefficient (Wildman–Crippen LogP) is 3.72. The first kappa shape index (κ1) is 20.7. The van der Waals surface area contributed by atoms with E-state index in [4.69, 9.17) is 22.1 Å². The highest BCUT2D eigenvalue weighted by Gasteiger charge is 2.25. The molecule has 0 saturated carbocycles. The number of rotatable bonds is 6. The Morgan fingerprint density at radius 1 is 1.23 bits per heavy atom. The summed E-state index contributed by atoms with van der Waals surface area (Å²) in [7, 11) is 1.61. The number of carbonyl (C=O) groups excluding carboxylic acids is 2. The number of hydrogen-bond acceptors (Lipinski definition) is 5. The maximum absolute atomic E-state index is 13.0. The lowest BCUT2D eigenvalue weighted by atomic mass is 10.1. The van der Waals surface area contributed by atoms with Crippen molar-refractivity contribution in [2.45, 2.75) is 12.8 Å². The maximum atomic E-state index is 13.0. The molecule has 1 aromatic heterocycles. The molecule has 3 N–H and O–H groups in total. The van der Waals surface area contributed by atoms with Crippen LogP contribution in [0.25, 0.3) is 0 Å². The fourth-order valence-corrected chi connectivity index (χ4v) is 3.78. The summed E-state index contributed by atoms with van der Waals surface area (Å²) in [5.74, 6) is 0.555. The summed E-state index contributed by atoms with van der Waals surface area (Å²) < 4.78 is 5.25. The van der Waals surface area contributed by atoms with Gasteiger partial charge in [-0.05, 0) is 47.9 Å². The lowest BCUT2D eigenvalue weighted by Crippen LogP contribution is -2.30. The van der Waals surface area contributed by atoms with E-state index in [0.717, 1.165) is 34.7 Å². The molecule has 7 nitrogen and oxygen atoms in total. The van der Waals surface area contributed by atoms with Gasteiger partial charge in [-0.25, -0.2) is 4.98 Å². The summed E-state index contributed by atoms with van der Waals surface area (Å²) in [5, 5.41) is 3.42. The van der Waals surface area contributed by atoms with E-state index in [-0.39, 0.29) is 22.9 Å². The first-order valence-electron chi connectivity index (χ1n) is 9.73. The predicted molar refractivity (Wildman–Crippen MR) is 120 cm³/mol. The van der Waals surface area contributed by atoms with Crippen molar-refractivity contribution < 1.29 is 14.3 Å². The van der Waals surface area contributed by atoms with Gasteiger partial charge in [0, 0.05) is 24.1 Å². The molecule has 0 radical (unpaired) electrons. The van der Waals surface area contributed by atoms with Gasteiger partial charge in [-0.1, -0.05) is 29.8 Å². The highest BCUT2D eigenvalue weighted by atomic mass is 35.5. The topological polar surface area (TPSA) is 97.6 Å². The van der Waals surface area contributed by atoms with Crippen LogP contribution in [0.1, 0.15) is 21.5 Å². The van der Waals surface area contributed by atoms with E-state index in [1.54, 1.807) is 12.0 Å². The average molecular weight is 437 g/mol. The minimum atomic E-state index is -0.594. The molecular weight excluding hydrogens is 416 g/mol. The Kier molecular flexibility index (Phi) is 5.77. The zero-order valence-corrected chi connectivity index (χ0v) is 17.6. The van der Waals surface area contributed by atoms with Crippen LogP contribution in [0.15, 0.2) is 54.7 Å². The molecule has 2 heterocycles. The smallest absolute Gasteiger partial charge is 0.250 e. The number of aromatic nitrogens is 1. The highest BCUT2D eigenvalue weighted by molar-refractivity contribution is 6.33. The van der Waals surface area contributed by atoms with Crippen LogP contribution in [0.2, 0.25) is 5.02 Å². The molecule has 1 aliphatic heterocycles. The van der Waals surface area contributed by atoms with Crippen LogP contribution >= 0.6 is 11.6 Å². The van der Waals surface area contributed by atoms with E-state index in [9.17, 15) is 9.59 Å². The largest absolute Gasteiger partial charge is 0.497 e. The Hall–Kier alpha value is -3.58. The number of nitrogens with two attached hydrogens (primary N) is 1. The number of hydrogen-bond donors (Lipinski definition) is 2. The number of fused-ring (bicyclic) bond motifs is 1. The Bertz CT molecular complexity index is 1170. The number of nitrogens with zero attached hydrogens (tertiary/aromatic N) is 2. The monoisotopic (exact) mass is 436 g/mol. The second-order valence-corrected chi connectivity index (χ2v) is 7.62. The molecule has 3 aromatic rings. The molecule has 158 valence electrons. The number of anilines is 3. The van der Waals surface area contributed by atoms with Crippen molar-refractivity contribution in [3.8, 4) is 5.75 Å². The third-order valence-electron chi connectivity index (χ3n) is 5.16. The fraction of sp³-hybridized carbons (Fsp3) is 0.174. The van der Waals surface area contributed by atoms with E-state index < -0.39 is 5.91 Å². The van der Waals surface area contributed by atoms with E-state index in [1.807, 2.05) is 42.5 Å². The number of pyridine rings is 1. The molecule has 8 heteroatoms. The molecule has 0 fully saturated rings. The molecule has 0 spiro atoms. The van der Waals surface area contributed by atoms with Crippen molar-refractivity contribution in [3.63, 3.8) is 0 Å². The summed E-state index contributed by atoms with van der Waals surface area (Å²) in [5.41, 5.74) is 9.10. The molecule has 0 aliphatic carbocycles. The molecule has 1 aliphatic rings. The van der Waals surface area contributed by atoms with Gasteiger partial charge in [-0.15, -0.1) is 0 Å². The van der Waals surface area contributed by atoms with Crippen LogP contribution in [-0.2, 0) is 17.6 Å². The molecule has 0 unspecified atom stereocenters. The second-order valence-electron chi connectivity index (χ2n) is 7.21. The van der Waals surface area contributed by atoms with Crippen LogP contribution in [0.4, 0.5) is 17.2 Å². The molecule has 31 heavy (non-hydrogen) atoms. The summed E-state index contributed by atoms with van der Waals surface area (Å²) >= 11 is 6.23. The van der Waals surface area contributed by atoms with Crippen molar-refractivity contribution in [1.82, 2.24) is 4.98 Å². The van der Waals surface area contributed by atoms with E-state index in [2.05, 4.69) is 10.3 Å². The molecular formula is C23H21ClN4O3. The van der Waals surface area contributed by atoms with E-state index in [0.29, 0.717) is 12.4 Å². The van der Waals surface area contributed by atoms with Gasteiger partial charge in [-0.3, -0.25) is 9.59 Å². The number of benzene rings is 2. The van der Waals surface area contributed by atoms with Gasteiger partial charge in [0.1, 0.15) is 11.6 Å². The third-order valence-corrected chi connectivity index (χ3v) is 5.45. The Morgan fingerprint density at radius 3 is 2.81 bits per heavy atom. The summed E-state index contributed by atoms with van der Waals surface area (Å²) in [6, 6.07) is 14.8. The number of nitrogens with one attached hydrogen (secondary N) is 1. The van der Waals surface area contributed by atoms with Gasteiger partial charge < -0.3 is 20.7 Å². The van der Waals surface area contributed by atoms with Gasteiger partial charge in [0.2, 0.25) is 11.8 Å². The summed E-state index contributed by atoms with van der Waals surface area (Å²) in [4.78, 5) is 30.2. The Balaban J connectivity index is 1.53. The van der Waals surface area contributed by atoms with Gasteiger partial charge in [0.05, 0.1) is 24.1 Å². The average Bonchev–Trinajstić information content (AvgIpc) is 3.18. The zero-order valence-electron chi connectivity index (χ0n) is 16.9. The number of halogens is 1. The SMILES string of the molecule is COc1cccc(CC(=O)N2CCc3ccc(Nc4ncc(C(N)=O)cc4Cl)cc32)c1. The van der Waals surface area contributed by atoms with Gasteiger partial charge in [0.15, 0.2) is 0 Å². The molecule has 0 bridgehead atoms. The lowest BCUT2D eigenvalue weighted by molar-refractivity contribution is -0.117. The molecule has 0 atom stereocenters. The van der Waals surface area contributed by atoms with Crippen molar-refractivity contribution in [1.29, 1.82) is 0 Å². The Labute approximate surface area is 184 Å². The summed E-state index contributed by atoms with van der Waals surface area (Å²) in [6.07, 6.45) is 2.45. The minimum absolute atomic E-state index is 0.0196. The van der Waals surface area contributed by atoms with Crippen LogP contribution in [0.5, 0.6) is 5.75 Å². The third kappa shape index (κ3) is 4.46. The van der Waals surface area contributed by atoms with Crippen molar-refractivity contribution >= 4 is 40.6 Å². The Morgan fingerprint density at radius 2 is 2.06 bits per heavy atom. The minimum Gasteiger partial charge on any atom is -0.497 e. The summed E-state index contributed by atoms with van der Waals surface area (Å²) in [6.45, 7) is 0.633. The van der Waals surface area contributed by atoms with E-state index >= 15 is 0 Å². The number of primary amides is 1. The van der Waals surface area contributed by atoms with Crippen LogP contribution in [-0.4, -0.2) is 30.5 Å². The fourth-order valence-electron chi connectivity index (χ4n) is 3.57. The van der Waals surface area contributed by atoms with Crippen LogP contribution in [0, 0.1) is 0 Å².